The molecule has 0 saturated heterocycles. The van der Waals surface area contributed by atoms with E-state index in [9.17, 15) is 4.79 Å². The average molecular weight is 552 g/mol. The van der Waals surface area contributed by atoms with Gasteiger partial charge in [0.1, 0.15) is 11.7 Å². The number of amides is 1. The molecule has 0 unspecified atom stereocenters. The van der Waals surface area contributed by atoms with Crippen LogP contribution in [0.15, 0.2) is 48.5 Å². The molecule has 36 heavy (non-hydrogen) atoms. The number of nitrogens with zero attached hydrogens (tertiary/aromatic N) is 2. The first kappa shape index (κ1) is 29.6. The van der Waals surface area contributed by atoms with Gasteiger partial charge >= 0.3 is 0 Å². The van der Waals surface area contributed by atoms with Gasteiger partial charge in [-0.25, -0.2) is 9.97 Å². The molecule has 1 heterocycles. The van der Waals surface area contributed by atoms with Crippen LogP contribution in [0.3, 0.4) is 0 Å². The van der Waals surface area contributed by atoms with Crippen molar-refractivity contribution in [3.8, 4) is 0 Å². The largest absolute Gasteiger partial charge is 0.365 e. The molecule has 0 bridgehead atoms. The highest BCUT2D eigenvalue weighted by atomic mass is 35.5. The number of nitrogens with one attached hydrogen (secondary N) is 4. The van der Waals surface area contributed by atoms with Crippen molar-refractivity contribution in [2.24, 2.45) is 0 Å². The summed E-state index contributed by atoms with van der Waals surface area (Å²) in [5.41, 5.74) is 1.53. The number of carbonyl (C=O) groups is 1. The summed E-state index contributed by atoms with van der Waals surface area (Å²) >= 11 is 6.28. The van der Waals surface area contributed by atoms with Crippen LogP contribution in [0, 0.1) is 5.41 Å². The molecule has 0 aliphatic heterocycles. The molecule has 3 aromatic rings. The molecule has 1 saturated carbocycles. The van der Waals surface area contributed by atoms with Crippen LogP contribution in [0.4, 0.5) is 5.82 Å². The standard InChI is InChI=1S/C26H31ClN6O.2ClH/c1-2-3-15-29-26(34)25-31-20-14-13-18(27)16-19(20)24(33-25)32-22-12-8-7-11-21(22)30-23(28)17-9-5-4-6-10-17;;/h4-6,9-10,13-14,16,21-22H,2-3,7-8,11-12,15H2,1H3,(H2,28,30)(H,29,34)(H,31,32,33);2*1H/t21-,22+;;/m1../s1. The van der Waals surface area contributed by atoms with Crippen molar-refractivity contribution in [3.63, 3.8) is 0 Å². The zero-order valence-electron chi connectivity index (χ0n) is 20.2. The summed E-state index contributed by atoms with van der Waals surface area (Å²) in [5.74, 6) is 0.868. The van der Waals surface area contributed by atoms with Crippen molar-refractivity contribution in [1.82, 2.24) is 20.6 Å². The van der Waals surface area contributed by atoms with Gasteiger partial charge in [-0.05, 0) is 37.5 Å². The Morgan fingerprint density at radius 1 is 1.06 bits per heavy atom. The molecular formula is C26H33Cl3N6O. The number of rotatable bonds is 8. The minimum atomic E-state index is -0.280. The second kappa shape index (κ2) is 14.2. The molecule has 10 heteroatoms. The van der Waals surface area contributed by atoms with Gasteiger partial charge in [-0.3, -0.25) is 10.2 Å². The van der Waals surface area contributed by atoms with Crippen molar-refractivity contribution in [2.75, 3.05) is 11.9 Å². The number of halogens is 3. The van der Waals surface area contributed by atoms with Crippen LogP contribution in [0.2, 0.25) is 5.02 Å². The van der Waals surface area contributed by atoms with Gasteiger partial charge in [-0.2, -0.15) is 0 Å². The van der Waals surface area contributed by atoms with E-state index in [0.717, 1.165) is 49.5 Å². The summed E-state index contributed by atoms with van der Waals surface area (Å²) < 4.78 is 0. The summed E-state index contributed by atoms with van der Waals surface area (Å²) in [7, 11) is 0. The normalized spacial score (nSPS) is 16.8. The molecular weight excluding hydrogens is 519 g/mol. The zero-order chi connectivity index (χ0) is 23.9. The molecule has 0 radical (unpaired) electrons. The maximum absolute atomic E-state index is 12.7. The Labute approximate surface area is 229 Å². The van der Waals surface area contributed by atoms with E-state index in [1.54, 1.807) is 6.07 Å². The monoisotopic (exact) mass is 550 g/mol. The number of fused-ring (bicyclic) bond motifs is 1. The highest BCUT2D eigenvalue weighted by molar-refractivity contribution is 6.31. The molecule has 1 amide bonds. The lowest BCUT2D eigenvalue weighted by atomic mass is 9.90. The van der Waals surface area contributed by atoms with E-state index in [1.807, 2.05) is 42.5 Å². The predicted molar refractivity (Wildman–Crippen MR) is 152 cm³/mol. The molecule has 194 valence electrons. The van der Waals surface area contributed by atoms with Crippen molar-refractivity contribution in [3.05, 3.63) is 64.9 Å². The minimum Gasteiger partial charge on any atom is -0.365 e. The van der Waals surface area contributed by atoms with Gasteiger partial charge in [0.25, 0.3) is 5.91 Å². The molecule has 1 aliphatic rings. The third-order valence-electron chi connectivity index (χ3n) is 6.16. The molecule has 2 aromatic carbocycles. The van der Waals surface area contributed by atoms with Crippen LogP contribution in [-0.4, -0.2) is 40.3 Å². The van der Waals surface area contributed by atoms with E-state index in [4.69, 9.17) is 17.0 Å². The van der Waals surface area contributed by atoms with Crippen molar-refractivity contribution in [1.29, 1.82) is 5.41 Å². The Bertz CT molecular complexity index is 1160. The maximum atomic E-state index is 12.7. The number of carbonyl (C=O) groups excluding carboxylic acids is 1. The van der Waals surface area contributed by atoms with Gasteiger partial charge in [0.05, 0.1) is 5.52 Å². The Morgan fingerprint density at radius 3 is 2.50 bits per heavy atom. The molecule has 0 spiro atoms. The second-order valence-corrected chi connectivity index (χ2v) is 9.13. The molecule has 2 atom stereocenters. The summed E-state index contributed by atoms with van der Waals surface area (Å²) in [6, 6.07) is 15.2. The second-order valence-electron chi connectivity index (χ2n) is 8.69. The van der Waals surface area contributed by atoms with E-state index in [2.05, 4.69) is 32.8 Å². The van der Waals surface area contributed by atoms with Crippen molar-refractivity contribution < 1.29 is 4.79 Å². The van der Waals surface area contributed by atoms with Gasteiger partial charge in [-0.15, -0.1) is 24.8 Å². The van der Waals surface area contributed by atoms with Crippen LogP contribution in [0.5, 0.6) is 0 Å². The van der Waals surface area contributed by atoms with Crippen LogP contribution in [0.1, 0.15) is 61.6 Å². The summed E-state index contributed by atoms with van der Waals surface area (Å²) in [6.07, 6.45) is 5.97. The number of unbranched alkanes of at least 4 members (excludes halogenated alkanes) is 1. The predicted octanol–water partition coefficient (Wildman–Crippen LogP) is 5.99. The van der Waals surface area contributed by atoms with Crippen LogP contribution in [-0.2, 0) is 0 Å². The zero-order valence-corrected chi connectivity index (χ0v) is 22.6. The number of benzene rings is 2. The summed E-state index contributed by atoms with van der Waals surface area (Å²) in [6.45, 7) is 2.67. The van der Waals surface area contributed by atoms with Gasteiger partial charge in [0.15, 0.2) is 0 Å². The molecule has 1 aromatic heterocycles. The summed E-state index contributed by atoms with van der Waals surface area (Å²) in [5, 5.41) is 19.8. The van der Waals surface area contributed by atoms with Crippen LogP contribution >= 0.6 is 36.4 Å². The number of amidine groups is 1. The molecule has 1 aliphatic carbocycles. The van der Waals surface area contributed by atoms with Crippen molar-refractivity contribution in [2.45, 2.75) is 57.5 Å². The highest BCUT2D eigenvalue weighted by Crippen LogP contribution is 2.28. The Hall–Kier alpha value is -2.61. The Balaban J connectivity index is 0.00000228. The minimum absolute atomic E-state index is 0. The Morgan fingerprint density at radius 2 is 1.78 bits per heavy atom. The van der Waals surface area contributed by atoms with Gasteiger partial charge in [-0.1, -0.05) is 68.1 Å². The number of hydrogen-bond donors (Lipinski definition) is 4. The fraction of sp³-hybridized carbons (Fsp3) is 0.385. The average Bonchev–Trinajstić information content (AvgIpc) is 2.86. The first-order chi connectivity index (χ1) is 16.5. The smallest absolute Gasteiger partial charge is 0.289 e. The molecule has 4 N–H and O–H groups in total. The Kier molecular flexibility index (Phi) is 11.7. The lowest BCUT2D eigenvalue weighted by Crippen LogP contribution is -2.48. The molecule has 1 fully saturated rings. The first-order valence-electron chi connectivity index (χ1n) is 12.0. The van der Waals surface area contributed by atoms with E-state index >= 15 is 0 Å². The lowest BCUT2D eigenvalue weighted by molar-refractivity contribution is 0.0943. The van der Waals surface area contributed by atoms with Crippen LogP contribution in [0.25, 0.3) is 10.9 Å². The van der Waals surface area contributed by atoms with Gasteiger partial charge in [0, 0.05) is 34.6 Å². The molecule has 4 rings (SSSR count). The number of hydrogen-bond acceptors (Lipinski definition) is 5. The van der Waals surface area contributed by atoms with Crippen molar-refractivity contribution >= 4 is 64.9 Å². The number of anilines is 1. The molecule has 7 nitrogen and oxygen atoms in total. The third-order valence-corrected chi connectivity index (χ3v) is 6.39. The number of aromatic nitrogens is 2. The highest BCUT2D eigenvalue weighted by Gasteiger charge is 2.27. The topological polar surface area (TPSA) is 103 Å². The van der Waals surface area contributed by atoms with E-state index in [0.29, 0.717) is 28.7 Å². The van der Waals surface area contributed by atoms with E-state index < -0.39 is 0 Å². The third kappa shape index (κ3) is 7.45. The summed E-state index contributed by atoms with van der Waals surface area (Å²) in [4.78, 5) is 21.8. The maximum Gasteiger partial charge on any atom is 0.289 e. The van der Waals surface area contributed by atoms with Gasteiger partial charge < -0.3 is 16.0 Å². The van der Waals surface area contributed by atoms with E-state index in [1.165, 1.54) is 0 Å². The van der Waals surface area contributed by atoms with Gasteiger partial charge in [0.2, 0.25) is 5.82 Å². The van der Waals surface area contributed by atoms with Crippen LogP contribution < -0.4 is 16.0 Å². The fourth-order valence-electron chi connectivity index (χ4n) is 4.30. The quantitative estimate of drug-likeness (QED) is 0.156. The fourth-order valence-corrected chi connectivity index (χ4v) is 4.47. The lowest BCUT2D eigenvalue weighted by Gasteiger charge is -2.34. The first-order valence-corrected chi connectivity index (χ1v) is 12.4. The van der Waals surface area contributed by atoms with E-state index in [-0.39, 0.29) is 48.6 Å². The SMILES string of the molecule is CCCCNC(=O)c1nc(N[C@H]2CCCC[C@H]2NC(=N)c2ccccc2)c2cc(Cl)ccc2n1.Cl.Cl.